The molecule has 0 aliphatic carbocycles. The Labute approximate surface area is 99.1 Å². The Kier molecular flexibility index (Phi) is 3.05. The van der Waals surface area contributed by atoms with Gasteiger partial charge in [-0.25, -0.2) is 9.78 Å². The number of carbonyl (C=O) groups excluding carboxylic acids is 1. The maximum absolute atomic E-state index is 11.4. The maximum Gasteiger partial charge on any atom is 0.356 e. The highest BCUT2D eigenvalue weighted by molar-refractivity contribution is 5.89. The number of ether oxygens (including phenoxy) is 1. The number of anilines is 1. The van der Waals surface area contributed by atoms with Crippen molar-refractivity contribution in [1.82, 2.24) is 4.98 Å². The van der Waals surface area contributed by atoms with E-state index in [9.17, 15) is 4.79 Å². The van der Waals surface area contributed by atoms with Gasteiger partial charge >= 0.3 is 5.97 Å². The lowest BCUT2D eigenvalue weighted by molar-refractivity contribution is 0.0594. The van der Waals surface area contributed by atoms with Crippen LogP contribution in [0.5, 0.6) is 0 Å². The number of pyridine rings is 1. The maximum atomic E-state index is 11.4. The van der Waals surface area contributed by atoms with Gasteiger partial charge in [0, 0.05) is 5.56 Å². The normalized spacial score (nSPS) is 9.94. The molecule has 2 N–H and O–H groups in total. The first kappa shape index (κ1) is 11.1. The van der Waals surface area contributed by atoms with Crippen molar-refractivity contribution in [3.8, 4) is 11.3 Å². The summed E-state index contributed by atoms with van der Waals surface area (Å²) < 4.78 is 4.62. The predicted molar refractivity (Wildman–Crippen MR) is 65.4 cm³/mol. The van der Waals surface area contributed by atoms with Crippen LogP contribution in [-0.2, 0) is 4.74 Å². The van der Waals surface area contributed by atoms with E-state index in [2.05, 4.69) is 9.72 Å². The van der Waals surface area contributed by atoms with Gasteiger partial charge in [0.05, 0.1) is 18.5 Å². The lowest BCUT2D eigenvalue weighted by atomic mass is 10.1. The van der Waals surface area contributed by atoms with E-state index in [0.29, 0.717) is 11.4 Å². The lowest BCUT2D eigenvalue weighted by Crippen LogP contribution is -2.06. The molecule has 0 spiro atoms. The molecule has 0 saturated carbocycles. The van der Waals surface area contributed by atoms with Gasteiger partial charge in [-0.1, -0.05) is 30.3 Å². The zero-order valence-corrected chi connectivity index (χ0v) is 9.38. The molecular formula is C13H12N2O2. The molecule has 0 aliphatic rings. The third-order valence-corrected chi connectivity index (χ3v) is 2.37. The molecule has 1 aromatic heterocycles. The van der Waals surface area contributed by atoms with Crippen LogP contribution in [0.2, 0.25) is 0 Å². The zero-order valence-electron chi connectivity index (χ0n) is 9.38. The largest absolute Gasteiger partial charge is 0.464 e. The van der Waals surface area contributed by atoms with Crippen molar-refractivity contribution in [3.05, 3.63) is 48.2 Å². The second kappa shape index (κ2) is 4.65. The molecule has 4 heteroatoms. The Morgan fingerprint density at radius 1 is 1.18 bits per heavy atom. The Morgan fingerprint density at radius 3 is 2.53 bits per heavy atom. The summed E-state index contributed by atoms with van der Waals surface area (Å²) in [5, 5.41) is 0. The van der Waals surface area contributed by atoms with Crippen molar-refractivity contribution < 1.29 is 9.53 Å². The van der Waals surface area contributed by atoms with Crippen LogP contribution in [0.15, 0.2) is 42.5 Å². The standard InChI is InChI=1S/C13H12N2O2/c1-17-13(16)11-8-7-10(14)12(15-11)9-5-3-2-4-6-9/h2-8H,14H2,1H3. The Bertz CT molecular complexity index is 538. The highest BCUT2D eigenvalue weighted by atomic mass is 16.5. The number of benzene rings is 1. The molecule has 0 amide bonds. The van der Waals surface area contributed by atoms with Gasteiger partial charge in [-0.3, -0.25) is 0 Å². The minimum absolute atomic E-state index is 0.251. The predicted octanol–water partition coefficient (Wildman–Crippen LogP) is 2.12. The van der Waals surface area contributed by atoms with E-state index < -0.39 is 5.97 Å². The molecule has 0 aliphatic heterocycles. The van der Waals surface area contributed by atoms with Crippen LogP contribution in [0.25, 0.3) is 11.3 Å². The number of hydrogen-bond donors (Lipinski definition) is 1. The van der Waals surface area contributed by atoms with Crippen LogP contribution in [0.3, 0.4) is 0 Å². The van der Waals surface area contributed by atoms with E-state index in [1.807, 2.05) is 30.3 Å². The molecule has 0 radical (unpaired) electrons. The van der Waals surface area contributed by atoms with E-state index in [4.69, 9.17) is 5.73 Å². The summed E-state index contributed by atoms with van der Waals surface area (Å²) in [5.74, 6) is -0.470. The molecule has 0 unspecified atom stereocenters. The number of nitrogen functional groups attached to an aromatic ring is 1. The smallest absolute Gasteiger partial charge is 0.356 e. The van der Waals surface area contributed by atoms with Crippen molar-refractivity contribution >= 4 is 11.7 Å². The molecule has 2 aromatic rings. The van der Waals surface area contributed by atoms with Gasteiger partial charge in [0.2, 0.25) is 0 Å². The minimum Gasteiger partial charge on any atom is -0.464 e. The molecule has 17 heavy (non-hydrogen) atoms. The van der Waals surface area contributed by atoms with E-state index in [-0.39, 0.29) is 5.69 Å². The van der Waals surface area contributed by atoms with E-state index >= 15 is 0 Å². The first-order valence-electron chi connectivity index (χ1n) is 5.12. The van der Waals surface area contributed by atoms with E-state index in [0.717, 1.165) is 5.56 Å². The second-order valence-corrected chi connectivity index (χ2v) is 3.49. The molecule has 0 atom stereocenters. The van der Waals surface area contributed by atoms with Crippen molar-refractivity contribution in [1.29, 1.82) is 0 Å². The average Bonchev–Trinajstić information content (AvgIpc) is 2.39. The molecule has 1 heterocycles. The first-order chi connectivity index (χ1) is 8.22. The van der Waals surface area contributed by atoms with Crippen LogP contribution < -0.4 is 5.73 Å². The van der Waals surface area contributed by atoms with Crippen molar-refractivity contribution in [2.75, 3.05) is 12.8 Å². The van der Waals surface area contributed by atoms with Gasteiger partial charge in [0.1, 0.15) is 5.69 Å². The van der Waals surface area contributed by atoms with Gasteiger partial charge in [-0.2, -0.15) is 0 Å². The zero-order chi connectivity index (χ0) is 12.3. The Balaban J connectivity index is 2.50. The fourth-order valence-electron chi connectivity index (χ4n) is 1.52. The molecule has 0 saturated heterocycles. The SMILES string of the molecule is COC(=O)c1ccc(N)c(-c2ccccc2)n1. The monoisotopic (exact) mass is 228 g/mol. The summed E-state index contributed by atoms with van der Waals surface area (Å²) in [7, 11) is 1.32. The van der Waals surface area contributed by atoms with Gasteiger partial charge in [0.25, 0.3) is 0 Å². The van der Waals surface area contributed by atoms with Gasteiger partial charge < -0.3 is 10.5 Å². The number of carbonyl (C=O) groups is 1. The van der Waals surface area contributed by atoms with E-state index in [1.54, 1.807) is 12.1 Å². The Morgan fingerprint density at radius 2 is 1.88 bits per heavy atom. The number of aromatic nitrogens is 1. The Hall–Kier alpha value is -2.36. The number of hydrogen-bond acceptors (Lipinski definition) is 4. The lowest BCUT2D eigenvalue weighted by Gasteiger charge is -2.06. The quantitative estimate of drug-likeness (QED) is 0.799. The van der Waals surface area contributed by atoms with Crippen LogP contribution in [0.1, 0.15) is 10.5 Å². The summed E-state index contributed by atoms with van der Waals surface area (Å²) in [6.07, 6.45) is 0. The van der Waals surface area contributed by atoms with Crippen molar-refractivity contribution in [2.24, 2.45) is 0 Å². The molecule has 2 rings (SSSR count). The third kappa shape index (κ3) is 2.25. The fourth-order valence-corrected chi connectivity index (χ4v) is 1.52. The summed E-state index contributed by atoms with van der Waals surface area (Å²) >= 11 is 0. The van der Waals surface area contributed by atoms with Crippen molar-refractivity contribution in [2.45, 2.75) is 0 Å². The average molecular weight is 228 g/mol. The van der Waals surface area contributed by atoms with Crippen LogP contribution in [0.4, 0.5) is 5.69 Å². The van der Waals surface area contributed by atoms with E-state index in [1.165, 1.54) is 7.11 Å². The second-order valence-electron chi connectivity index (χ2n) is 3.49. The number of nitrogens with zero attached hydrogens (tertiary/aromatic N) is 1. The van der Waals surface area contributed by atoms with Crippen LogP contribution >= 0.6 is 0 Å². The molecule has 0 bridgehead atoms. The molecule has 1 aromatic carbocycles. The van der Waals surface area contributed by atoms with Gasteiger partial charge in [0.15, 0.2) is 0 Å². The topological polar surface area (TPSA) is 65.2 Å². The van der Waals surface area contributed by atoms with Crippen molar-refractivity contribution in [3.63, 3.8) is 0 Å². The minimum atomic E-state index is -0.470. The van der Waals surface area contributed by atoms with Gasteiger partial charge in [-0.15, -0.1) is 0 Å². The van der Waals surface area contributed by atoms with Crippen LogP contribution in [-0.4, -0.2) is 18.1 Å². The van der Waals surface area contributed by atoms with Crippen LogP contribution in [0, 0.1) is 0 Å². The molecule has 4 nitrogen and oxygen atoms in total. The number of nitrogens with two attached hydrogens (primary N) is 1. The molecule has 86 valence electrons. The summed E-state index contributed by atoms with van der Waals surface area (Å²) in [4.78, 5) is 15.6. The highest BCUT2D eigenvalue weighted by Crippen LogP contribution is 2.23. The summed E-state index contributed by atoms with van der Waals surface area (Å²) in [6.45, 7) is 0. The fraction of sp³-hybridized carbons (Fsp3) is 0.0769. The van der Waals surface area contributed by atoms with Gasteiger partial charge in [-0.05, 0) is 12.1 Å². The first-order valence-corrected chi connectivity index (χ1v) is 5.12. The molecular weight excluding hydrogens is 216 g/mol. The number of esters is 1. The number of methoxy groups -OCH3 is 1. The molecule has 0 fully saturated rings. The summed E-state index contributed by atoms with van der Waals surface area (Å²) in [6, 6.07) is 12.7. The number of rotatable bonds is 2. The summed E-state index contributed by atoms with van der Waals surface area (Å²) in [5.41, 5.74) is 8.09. The third-order valence-electron chi connectivity index (χ3n) is 2.37. The highest BCUT2D eigenvalue weighted by Gasteiger charge is 2.11.